The predicted octanol–water partition coefficient (Wildman–Crippen LogP) is 5.48. The van der Waals surface area contributed by atoms with Crippen molar-refractivity contribution in [1.29, 1.82) is 0 Å². The van der Waals surface area contributed by atoms with Crippen molar-refractivity contribution < 1.29 is 14.3 Å². The van der Waals surface area contributed by atoms with E-state index in [-0.39, 0.29) is 11.6 Å². The molecule has 0 bridgehead atoms. The Bertz CT molecular complexity index is 1040. The Balaban J connectivity index is 1.32. The van der Waals surface area contributed by atoms with E-state index in [0.29, 0.717) is 12.5 Å². The lowest BCUT2D eigenvalue weighted by Crippen LogP contribution is -2.40. The molecule has 0 aromatic heterocycles. The average Bonchev–Trinajstić information content (AvgIpc) is 3.37. The molecule has 3 aliphatic rings. The number of hydrogen-bond acceptors (Lipinski definition) is 3. The first kappa shape index (κ1) is 19.0. The van der Waals surface area contributed by atoms with Crippen molar-refractivity contribution >= 4 is 18.2 Å². The number of rotatable bonds is 4. The van der Waals surface area contributed by atoms with Gasteiger partial charge in [0.2, 0.25) is 0 Å². The van der Waals surface area contributed by atoms with Gasteiger partial charge in [-0.3, -0.25) is 0 Å². The molecule has 5 rings (SSSR count). The van der Waals surface area contributed by atoms with E-state index in [1.54, 1.807) is 7.11 Å². The van der Waals surface area contributed by atoms with Gasteiger partial charge >= 0.3 is 6.09 Å². The minimum Gasteiger partial charge on any atom is -0.496 e. The molecule has 2 atom stereocenters. The number of para-hydroxylation sites is 1. The van der Waals surface area contributed by atoms with E-state index in [9.17, 15) is 4.79 Å². The highest BCUT2D eigenvalue weighted by Crippen LogP contribution is 2.43. The van der Waals surface area contributed by atoms with Gasteiger partial charge < -0.3 is 14.8 Å². The monoisotopic (exact) mass is 401 g/mol. The number of benzene rings is 2. The van der Waals surface area contributed by atoms with Crippen LogP contribution in [0.15, 0.2) is 54.1 Å². The molecule has 1 spiro atoms. The highest BCUT2D eigenvalue weighted by Gasteiger charge is 2.45. The zero-order valence-electron chi connectivity index (χ0n) is 17.3. The summed E-state index contributed by atoms with van der Waals surface area (Å²) in [6.45, 7) is 0.512. The average molecular weight is 402 g/mol. The maximum atomic E-state index is 11.5. The van der Waals surface area contributed by atoms with Gasteiger partial charge in [0.25, 0.3) is 0 Å². The Morgan fingerprint density at radius 2 is 2.07 bits per heavy atom. The first-order valence-electron chi connectivity index (χ1n) is 10.7. The third-order valence-electron chi connectivity index (χ3n) is 6.73. The second-order valence-electron chi connectivity index (χ2n) is 8.67. The van der Waals surface area contributed by atoms with Crippen LogP contribution < -0.4 is 10.1 Å². The molecule has 1 heterocycles. The number of fused-ring (bicyclic) bond motifs is 1. The van der Waals surface area contributed by atoms with Gasteiger partial charge in [-0.05, 0) is 66.4 Å². The number of aryl methyl sites for hydroxylation is 1. The summed E-state index contributed by atoms with van der Waals surface area (Å²) in [5, 5.41) is 3.05. The van der Waals surface area contributed by atoms with Crippen molar-refractivity contribution in [3.8, 4) is 5.75 Å². The molecule has 154 valence electrons. The quantitative estimate of drug-likeness (QED) is 0.737. The standard InChI is InChI=1S/C26H27NO3/c1-29-24-5-3-2-4-19(24)8-6-18-7-9-21-15-22(11-10-20(21)14-18)23-12-13-26(16-23)17-30-25(28)27-26/h2-6,8,10-11,14-15,23H,7,9,12-13,16-17H2,1H3,(H,27,28)/b8-6+/t23-,26+/m0/s1. The maximum Gasteiger partial charge on any atom is 0.407 e. The van der Waals surface area contributed by atoms with E-state index in [1.807, 2.05) is 18.2 Å². The molecule has 4 heteroatoms. The van der Waals surface area contributed by atoms with Crippen molar-refractivity contribution in [2.75, 3.05) is 13.7 Å². The number of carbonyl (C=O) groups excluding carboxylic acids is 1. The Kier molecular flexibility index (Phi) is 4.86. The molecule has 2 aliphatic carbocycles. The van der Waals surface area contributed by atoms with Crippen LogP contribution in [0.2, 0.25) is 0 Å². The zero-order valence-corrected chi connectivity index (χ0v) is 17.3. The molecule has 2 aromatic rings. The number of carbonyl (C=O) groups is 1. The number of methoxy groups -OCH3 is 1. The first-order valence-corrected chi connectivity index (χ1v) is 10.7. The van der Waals surface area contributed by atoms with E-state index in [2.05, 4.69) is 47.8 Å². The van der Waals surface area contributed by atoms with Gasteiger partial charge in [-0.25, -0.2) is 4.79 Å². The van der Waals surface area contributed by atoms with Crippen LogP contribution in [0.1, 0.15) is 53.9 Å². The number of ether oxygens (including phenoxy) is 2. The first-order chi connectivity index (χ1) is 14.6. The van der Waals surface area contributed by atoms with E-state index in [1.165, 1.54) is 22.3 Å². The number of alkyl carbamates (subject to hydrolysis) is 1. The van der Waals surface area contributed by atoms with Crippen LogP contribution in [-0.2, 0) is 11.2 Å². The number of allylic oxidation sites excluding steroid dienone is 2. The third kappa shape index (κ3) is 3.62. The SMILES string of the molecule is COc1ccccc1/C=C/C1=Cc2ccc([C@H]3CC[C@]4(COC(=O)N4)C3)cc2CC1. The number of amides is 1. The lowest BCUT2D eigenvalue weighted by molar-refractivity contribution is 0.172. The molecular formula is C26H27NO3. The van der Waals surface area contributed by atoms with Crippen LogP contribution in [0, 0.1) is 0 Å². The fourth-order valence-corrected chi connectivity index (χ4v) is 5.07. The van der Waals surface area contributed by atoms with Gasteiger partial charge in [0, 0.05) is 5.56 Å². The fourth-order valence-electron chi connectivity index (χ4n) is 5.07. The minimum absolute atomic E-state index is 0.145. The van der Waals surface area contributed by atoms with Crippen molar-refractivity contribution in [3.05, 3.63) is 76.4 Å². The topological polar surface area (TPSA) is 47.6 Å². The smallest absolute Gasteiger partial charge is 0.407 e. The summed E-state index contributed by atoms with van der Waals surface area (Å²) in [6.07, 6.45) is 11.6. The molecule has 1 saturated heterocycles. The summed E-state index contributed by atoms with van der Waals surface area (Å²) in [6, 6.07) is 15.0. The van der Waals surface area contributed by atoms with Gasteiger partial charge in [0.15, 0.2) is 0 Å². The van der Waals surface area contributed by atoms with Gasteiger partial charge in [-0.15, -0.1) is 0 Å². The Morgan fingerprint density at radius 1 is 1.17 bits per heavy atom. The molecule has 2 fully saturated rings. The largest absolute Gasteiger partial charge is 0.496 e. The van der Waals surface area contributed by atoms with Gasteiger partial charge in [-0.1, -0.05) is 54.6 Å². The van der Waals surface area contributed by atoms with Gasteiger partial charge in [0.05, 0.1) is 12.6 Å². The zero-order chi connectivity index (χ0) is 20.6. The van der Waals surface area contributed by atoms with Gasteiger partial charge in [0.1, 0.15) is 12.4 Å². The van der Waals surface area contributed by atoms with Crippen LogP contribution >= 0.6 is 0 Å². The molecule has 4 nitrogen and oxygen atoms in total. The molecule has 30 heavy (non-hydrogen) atoms. The van der Waals surface area contributed by atoms with Crippen molar-refractivity contribution in [1.82, 2.24) is 5.32 Å². The van der Waals surface area contributed by atoms with Crippen molar-refractivity contribution in [3.63, 3.8) is 0 Å². The predicted molar refractivity (Wildman–Crippen MR) is 119 cm³/mol. The van der Waals surface area contributed by atoms with E-state index < -0.39 is 0 Å². The van der Waals surface area contributed by atoms with E-state index >= 15 is 0 Å². The fraction of sp³-hybridized carbons (Fsp3) is 0.346. The second kappa shape index (κ2) is 7.67. The van der Waals surface area contributed by atoms with Crippen molar-refractivity contribution in [2.45, 2.75) is 43.6 Å². The normalized spacial score (nSPS) is 25.2. The number of nitrogens with one attached hydrogen (secondary N) is 1. The highest BCUT2D eigenvalue weighted by molar-refractivity contribution is 5.71. The highest BCUT2D eigenvalue weighted by atomic mass is 16.6. The molecule has 1 amide bonds. The lowest BCUT2D eigenvalue weighted by Gasteiger charge is -2.21. The maximum absolute atomic E-state index is 11.5. The summed E-state index contributed by atoms with van der Waals surface area (Å²) in [7, 11) is 1.71. The summed E-state index contributed by atoms with van der Waals surface area (Å²) in [5.74, 6) is 1.39. The molecule has 2 aromatic carbocycles. The molecular weight excluding hydrogens is 374 g/mol. The second-order valence-corrected chi connectivity index (χ2v) is 8.67. The summed E-state index contributed by atoms with van der Waals surface area (Å²) in [4.78, 5) is 11.5. The van der Waals surface area contributed by atoms with Gasteiger partial charge in [-0.2, -0.15) is 0 Å². The molecule has 1 aliphatic heterocycles. The minimum atomic E-state index is -0.264. The molecule has 0 unspecified atom stereocenters. The molecule has 0 radical (unpaired) electrons. The van der Waals surface area contributed by atoms with E-state index in [0.717, 1.165) is 43.4 Å². The number of hydrogen-bond donors (Lipinski definition) is 1. The van der Waals surface area contributed by atoms with Crippen LogP contribution in [0.3, 0.4) is 0 Å². The van der Waals surface area contributed by atoms with E-state index in [4.69, 9.17) is 9.47 Å². The summed E-state index contributed by atoms with van der Waals surface area (Å²) in [5.41, 5.74) is 6.43. The van der Waals surface area contributed by atoms with Crippen LogP contribution in [0.5, 0.6) is 5.75 Å². The third-order valence-corrected chi connectivity index (χ3v) is 6.73. The number of cyclic esters (lactones) is 1. The summed E-state index contributed by atoms with van der Waals surface area (Å²) >= 11 is 0. The Labute approximate surface area is 177 Å². The van der Waals surface area contributed by atoms with Crippen LogP contribution in [0.4, 0.5) is 4.79 Å². The Hall–Kier alpha value is -3.01. The molecule has 1 saturated carbocycles. The van der Waals surface area contributed by atoms with Crippen LogP contribution in [0.25, 0.3) is 12.2 Å². The lowest BCUT2D eigenvalue weighted by atomic mass is 9.86. The molecule has 1 N–H and O–H groups in total. The summed E-state index contributed by atoms with van der Waals surface area (Å²) < 4.78 is 10.6. The Morgan fingerprint density at radius 3 is 2.90 bits per heavy atom. The van der Waals surface area contributed by atoms with Crippen molar-refractivity contribution in [2.24, 2.45) is 0 Å². The van der Waals surface area contributed by atoms with Crippen LogP contribution in [-0.4, -0.2) is 25.3 Å².